The van der Waals surface area contributed by atoms with Gasteiger partial charge in [-0.1, -0.05) is 0 Å². The highest BCUT2D eigenvalue weighted by molar-refractivity contribution is 7.66. The van der Waals surface area contributed by atoms with Gasteiger partial charge in [-0.15, -0.1) is 0 Å². The maximum Gasteiger partial charge on any atom is 0.490 e. The van der Waals surface area contributed by atoms with Gasteiger partial charge >= 0.3 is 23.5 Å². The Morgan fingerprint density at radius 1 is 1.06 bits per heavy atom. The normalized spacial score (nSPS) is 28.5. The van der Waals surface area contributed by atoms with Crippen LogP contribution in [0.25, 0.3) is 11.0 Å². The molecule has 0 bridgehead atoms. The maximum absolute atomic E-state index is 11.8. The number of anilines is 1. The quantitative estimate of drug-likeness (QED) is 0.200. The van der Waals surface area contributed by atoms with E-state index in [9.17, 15) is 28.8 Å². The lowest BCUT2D eigenvalue weighted by Crippen LogP contribution is -2.33. The van der Waals surface area contributed by atoms with E-state index < -0.39 is 54.5 Å². The Hall–Kier alpha value is -1.29. The summed E-state index contributed by atoms with van der Waals surface area (Å²) in [5.41, 5.74) is 6.40. The molecule has 20 heteroatoms. The monoisotopic (exact) mass is 506 g/mol. The van der Waals surface area contributed by atoms with Gasteiger partial charge in [-0.2, -0.15) is 8.62 Å². The zero-order chi connectivity index (χ0) is 23.2. The standard InChI is InChI=1S/C11H17N4O13P3/c12-10-6-4(1-13-11(6)15-3-14-10)9-8(17)7(16)5(26-9)2-25-30(21,22)28-31(23,24)27-29(18,19)20/h1,3,5,7-9,16-17H,2H2,(H,21,22)(H,23,24)(H2,18,19,20)(H3,12,13,14,15)/t5-,7-,8-,9+/m1/s1. The van der Waals surface area contributed by atoms with Gasteiger partial charge in [0.2, 0.25) is 0 Å². The van der Waals surface area contributed by atoms with Crippen molar-refractivity contribution in [3.63, 3.8) is 0 Å². The van der Waals surface area contributed by atoms with Gasteiger partial charge in [0.15, 0.2) is 0 Å². The molecule has 0 spiro atoms. The highest BCUT2D eigenvalue weighted by Crippen LogP contribution is 2.66. The summed E-state index contributed by atoms with van der Waals surface area (Å²) in [7, 11) is -16.7. The summed E-state index contributed by atoms with van der Waals surface area (Å²) in [6, 6.07) is 0. The molecule has 1 saturated heterocycles. The second-order valence-corrected chi connectivity index (χ2v) is 10.6. The number of fused-ring (bicyclic) bond motifs is 1. The van der Waals surface area contributed by atoms with Gasteiger partial charge in [0.1, 0.15) is 42.2 Å². The number of nitrogens with two attached hydrogens (primary N) is 1. The van der Waals surface area contributed by atoms with Crippen molar-refractivity contribution in [3.05, 3.63) is 18.1 Å². The van der Waals surface area contributed by atoms with Gasteiger partial charge in [-0.05, 0) is 0 Å². The lowest BCUT2D eigenvalue weighted by atomic mass is 10.0. The predicted octanol–water partition coefficient (Wildman–Crippen LogP) is -0.955. The van der Waals surface area contributed by atoms with E-state index in [2.05, 4.69) is 28.1 Å². The van der Waals surface area contributed by atoms with Gasteiger partial charge in [-0.25, -0.2) is 23.7 Å². The summed E-state index contributed by atoms with van der Waals surface area (Å²) in [5, 5.41) is 20.8. The Morgan fingerprint density at radius 2 is 1.74 bits per heavy atom. The molecule has 17 nitrogen and oxygen atoms in total. The Balaban J connectivity index is 1.70. The van der Waals surface area contributed by atoms with Crippen LogP contribution in [0.2, 0.25) is 0 Å². The van der Waals surface area contributed by atoms with Crippen LogP contribution < -0.4 is 5.73 Å². The van der Waals surface area contributed by atoms with Gasteiger partial charge in [0.25, 0.3) is 0 Å². The number of phosphoric acid groups is 3. The van der Waals surface area contributed by atoms with Crippen LogP contribution in [0.5, 0.6) is 0 Å². The minimum atomic E-state index is -5.69. The van der Waals surface area contributed by atoms with Crippen molar-refractivity contribution in [1.29, 1.82) is 0 Å². The molecule has 174 valence electrons. The van der Waals surface area contributed by atoms with Crippen LogP contribution in [-0.4, -0.2) is 69.7 Å². The lowest BCUT2D eigenvalue weighted by molar-refractivity contribution is -0.0218. The fourth-order valence-corrected chi connectivity index (χ4v) is 5.88. The van der Waals surface area contributed by atoms with Crippen LogP contribution in [0.1, 0.15) is 11.7 Å². The van der Waals surface area contributed by atoms with Gasteiger partial charge < -0.3 is 45.2 Å². The van der Waals surface area contributed by atoms with Crippen molar-refractivity contribution in [2.24, 2.45) is 0 Å². The number of aromatic nitrogens is 3. The molecular formula is C11H17N4O13P3. The molecule has 31 heavy (non-hydrogen) atoms. The number of aliphatic hydroxyl groups excluding tert-OH is 2. The van der Waals surface area contributed by atoms with E-state index in [1.807, 2.05) is 0 Å². The average Bonchev–Trinajstić information content (AvgIpc) is 3.13. The molecule has 2 aromatic heterocycles. The van der Waals surface area contributed by atoms with Crippen LogP contribution in [0.3, 0.4) is 0 Å². The van der Waals surface area contributed by atoms with Gasteiger partial charge in [-0.3, -0.25) is 4.52 Å². The molecule has 1 aliphatic rings. The molecule has 1 aliphatic heterocycles. The van der Waals surface area contributed by atoms with E-state index in [0.717, 1.165) is 0 Å². The van der Waals surface area contributed by atoms with Crippen LogP contribution in [-0.2, 0) is 31.6 Å². The molecule has 3 heterocycles. The van der Waals surface area contributed by atoms with Crippen molar-refractivity contribution in [2.45, 2.75) is 24.4 Å². The van der Waals surface area contributed by atoms with Gasteiger partial charge in [0, 0.05) is 11.8 Å². The second kappa shape index (κ2) is 8.57. The molecule has 0 radical (unpaired) electrons. The Kier molecular flexibility index (Phi) is 6.73. The molecule has 0 aromatic carbocycles. The minimum absolute atomic E-state index is 0.0586. The number of hydrogen-bond donors (Lipinski definition) is 8. The number of rotatable bonds is 8. The van der Waals surface area contributed by atoms with Crippen LogP contribution in [0, 0.1) is 0 Å². The zero-order valence-electron chi connectivity index (χ0n) is 15.0. The highest BCUT2D eigenvalue weighted by atomic mass is 31.3. The summed E-state index contributed by atoms with van der Waals surface area (Å²) in [5.74, 6) is 0.0586. The molecule has 2 aromatic rings. The molecule has 9 N–H and O–H groups in total. The van der Waals surface area contributed by atoms with Crippen molar-refractivity contribution in [2.75, 3.05) is 12.3 Å². The first-order chi connectivity index (χ1) is 14.2. The second-order valence-electron chi connectivity index (χ2n) is 6.19. The fourth-order valence-electron chi connectivity index (χ4n) is 2.85. The van der Waals surface area contributed by atoms with Crippen LogP contribution in [0.15, 0.2) is 12.5 Å². The fraction of sp³-hybridized carbons (Fsp3) is 0.455. The molecule has 0 aliphatic carbocycles. The number of hydrogen-bond acceptors (Lipinski definition) is 12. The number of nitrogen functional groups attached to an aromatic ring is 1. The van der Waals surface area contributed by atoms with E-state index in [1.54, 1.807) is 0 Å². The van der Waals surface area contributed by atoms with Crippen molar-refractivity contribution in [3.8, 4) is 0 Å². The number of aromatic amines is 1. The third-order valence-electron chi connectivity index (χ3n) is 4.02. The Bertz CT molecular complexity index is 1100. The summed E-state index contributed by atoms with van der Waals surface area (Å²) in [4.78, 5) is 46.2. The van der Waals surface area contributed by atoms with E-state index in [-0.39, 0.29) is 11.4 Å². The van der Waals surface area contributed by atoms with Gasteiger partial charge in [0.05, 0.1) is 12.0 Å². The number of nitrogens with one attached hydrogen (secondary N) is 1. The van der Waals surface area contributed by atoms with E-state index in [0.29, 0.717) is 11.0 Å². The zero-order valence-corrected chi connectivity index (χ0v) is 17.7. The van der Waals surface area contributed by atoms with Crippen LogP contribution in [0.4, 0.5) is 5.82 Å². The van der Waals surface area contributed by atoms with Crippen molar-refractivity contribution >= 4 is 40.3 Å². The molecule has 6 atom stereocenters. The summed E-state index contributed by atoms with van der Waals surface area (Å²) in [6.07, 6.45) is -3.21. The molecule has 0 saturated carbocycles. The molecular weight excluding hydrogens is 489 g/mol. The lowest BCUT2D eigenvalue weighted by Gasteiger charge is -2.19. The highest BCUT2D eigenvalue weighted by Gasteiger charge is 2.47. The minimum Gasteiger partial charge on any atom is -0.387 e. The topological polar surface area (TPSA) is 277 Å². The molecule has 2 unspecified atom stereocenters. The average molecular weight is 506 g/mol. The number of H-pyrrole nitrogens is 1. The largest absolute Gasteiger partial charge is 0.490 e. The first-order valence-corrected chi connectivity index (χ1v) is 12.6. The van der Waals surface area contributed by atoms with E-state index in [4.69, 9.17) is 25.2 Å². The van der Waals surface area contributed by atoms with E-state index in [1.165, 1.54) is 12.5 Å². The molecule has 3 rings (SSSR count). The van der Waals surface area contributed by atoms with Crippen molar-refractivity contribution < 1.29 is 61.4 Å². The molecule has 1 fully saturated rings. The number of aliphatic hydroxyl groups is 2. The summed E-state index contributed by atoms with van der Waals surface area (Å²) >= 11 is 0. The predicted molar refractivity (Wildman–Crippen MR) is 97.7 cm³/mol. The maximum atomic E-state index is 11.8. The number of phosphoric ester groups is 1. The van der Waals surface area contributed by atoms with E-state index >= 15 is 0 Å². The van der Waals surface area contributed by atoms with Crippen molar-refractivity contribution in [1.82, 2.24) is 15.0 Å². The number of ether oxygens (including phenoxy) is 1. The first kappa shape index (κ1) is 24.4. The molecule has 0 amide bonds. The Labute approximate surface area is 172 Å². The Morgan fingerprint density at radius 3 is 2.39 bits per heavy atom. The SMILES string of the molecule is Nc1ncnc2[nH]cc([C@@H]3O[C@H](COP(=O)(O)OP(=O)(O)OP(=O)(O)O)[C@@H](O)[C@H]3O)c12. The number of nitrogens with zero attached hydrogens (tertiary/aromatic N) is 2. The van der Waals surface area contributed by atoms with Crippen LogP contribution >= 0.6 is 23.5 Å². The first-order valence-electron chi connectivity index (χ1n) is 8.06. The third kappa shape index (κ3) is 5.74. The third-order valence-corrected chi connectivity index (χ3v) is 7.82. The summed E-state index contributed by atoms with van der Waals surface area (Å²) < 4.78 is 50.8. The summed E-state index contributed by atoms with van der Waals surface area (Å²) in [6.45, 7) is -0.938. The smallest absolute Gasteiger partial charge is 0.387 e.